The molecule has 1 aromatic heterocycles. The maximum absolute atomic E-state index is 12.5. The van der Waals surface area contributed by atoms with Gasteiger partial charge in [0.1, 0.15) is 5.52 Å². The molecule has 0 bridgehead atoms. The second kappa shape index (κ2) is 8.93. The first-order chi connectivity index (χ1) is 15.3. The first kappa shape index (κ1) is 21.7. The van der Waals surface area contributed by atoms with Crippen molar-refractivity contribution in [2.24, 2.45) is 0 Å². The van der Waals surface area contributed by atoms with Crippen molar-refractivity contribution in [3.8, 4) is 11.5 Å². The van der Waals surface area contributed by atoms with E-state index in [1.54, 1.807) is 6.07 Å². The van der Waals surface area contributed by atoms with E-state index in [0.29, 0.717) is 28.5 Å². The van der Waals surface area contributed by atoms with E-state index in [0.717, 1.165) is 22.4 Å². The number of anilines is 1. The number of rotatable bonds is 4. The van der Waals surface area contributed by atoms with Gasteiger partial charge in [0, 0.05) is 16.8 Å². The SMILES string of the molecule is Cc1ccc(C(=O)NC(=S)Nc2ccc3oc(-c4ccc(C(C)C)cc4)nc3c2)cc1C. The molecule has 0 saturated heterocycles. The van der Waals surface area contributed by atoms with Crippen molar-refractivity contribution in [3.63, 3.8) is 0 Å². The molecule has 3 aromatic carbocycles. The number of thiocarbonyl (C=S) groups is 1. The molecule has 0 unspecified atom stereocenters. The molecule has 1 heterocycles. The minimum absolute atomic E-state index is 0.223. The van der Waals surface area contributed by atoms with Crippen molar-refractivity contribution in [2.45, 2.75) is 33.6 Å². The molecule has 0 aliphatic rings. The number of aromatic nitrogens is 1. The molecule has 0 radical (unpaired) electrons. The number of hydrogen-bond donors (Lipinski definition) is 2. The number of aryl methyl sites for hydroxylation is 2. The van der Waals surface area contributed by atoms with Crippen molar-refractivity contribution in [1.82, 2.24) is 10.3 Å². The Kier molecular flexibility index (Phi) is 6.06. The lowest BCUT2D eigenvalue weighted by Gasteiger charge is -2.10. The highest BCUT2D eigenvalue weighted by molar-refractivity contribution is 7.80. The molecule has 32 heavy (non-hydrogen) atoms. The molecular formula is C26H25N3O2S. The molecule has 162 valence electrons. The van der Waals surface area contributed by atoms with Crippen molar-refractivity contribution in [2.75, 3.05) is 5.32 Å². The van der Waals surface area contributed by atoms with Gasteiger partial charge in [-0.2, -0.15) is 0 Å². The molecule has 4 rings (SSSR count). The average molecular weight is 444 g/mol. The van der Waals surface area contributed by atoms with Crippen LogP contribution in [0.4, 0.5) is 5.69 Å². The van der Waals surface area contributed by atoms with Gasteiger partial charge in [-0.25, -0.2) is 4.98 Å². The van der Waals surface area contributed by atoms with Crippen molar-refractivity contribution >= 4 is 40.0 Å². The topological polar surface area (TPSA) is 67.2 Å². The van der Waals surface area contributed by atoms with E-state index in [9.17, 15) is 4.79 Å². The van der Waals surface area contributed by atoms with Crippen LogP contribution in [0.3, 0.4) is 0 Å². The highest BCUT2D eigenvalue weighted by atomic mass is 32.1. The number of benzene rings is 3. The van der Waals surface area contributed by atoms with Crippen molar-refractivity contribution in [1.29, 1.82) is 0 Å². The first-order valence-electron chi connectivity index (χ1n) is 10.5. The van der Waals surface area contributed by atoms with E-state index in [-0.39, 0.29) is 11.0 Å². The fraction of sp³-hybridized carbons (Fsp3) is 0.192. The number of fused-ring (bicyclic) bond motifs is 1. The van der Waals surface area contributed by atoms with Crippen LogP contribution in [0.1, 0.15) is 46.8 Å². The van der Waals surface area contributed by atoms with E-state index < -0.39 is 0 Å². The number of amides is 1. The Labute approximate surface area is 192 Å². The van der Waals surface area contributed by atoms with E-state index in [2.05, 4.69) is 41.6 Å². The van der Waals surface area contributed by atoms with Crippen LogP contribution in [-0.4, -0.2) is 16.0 Å². The van der Waals surface area contributed by atoms with Crippen LogP contribution in [-0.2, 0) is 0 Å². The summed E-state index contributed by atoms with van der Waals surface area (Å²) in [6.45, 7) is 8.31. The summed E-state index contributed by atoms with van der Waals surface area (Å²) in [6.07, 6.45) is 0. The molecule has 4 aromatic rings. The number of nitrogens with one attached hydrogen (secondary N) is 2. The van der Waals surface area contributed by atoms with Gasteiger partial charge in [-0.3, -0.25) is 10.1 Å². The standard InChI is InChI=1S/C26H25N3O2S/c1-15(2)18-7-9-19(10-8-18)25-28-22-14-21(11-12-23(22)31-25)27-26(32)29-24(30)20-6-5-16(3)17(4)13-20/h5-15H,1-4H3,(H2,27,29,30,32). The van der Waals surface area contributed by atoms with Crippen molar-refractivity contribution in [3.05, 3.63) is 82.9 Å². The number of hydrogen-bond acceptors (Lipinski definition) is 4. The average Bonchev–Trinajstić information content (AvgIpc) is 3.19. The first-order valence-corrected chi connectivity index (χ1v) is 10.9. The molecule has 6 heteroatoms. The van der Waals surface area contributed by atoms with Gasteiger partial charge >= 0.3 is 0 Å². The third-order valence-corrected chi connectivity index (χ3v) is 5.67. The van der Waals surface area contributed by atoms with Gasteiger partial charge in [0.05, 0.1) is 0 Å². The number of carbonyl (C=O) groups is 1. The summed E-state index contributed by atoms with van der Waals surface area (Å²) in [7, 11) is 0. The third kappa shape index (κ3) is 4.70. The van der Waals surface area contributed by atoms with Crippen LogP contribution >= 0.6 is 12.2 Å². The van der Waals surface area contributed by atoms with Gasteiger partial charge in [-0.1, -0.05) is 32.0 Å². The zero-order valence-electron chi connectivity index (χ0n) is 18.5. The maximum atomic E-state index is 12.5. The smallest absolute Gasteiger partial charge is 0.257 e. The second-order valence-corrected chi connectivity index (χ2v) is 8.59. The highest BCUT2D eigenvalue weighted by Gasteiger charge is 2.12. The van der Waals surface area contributed by atoms with Crippen LogP contribution in [0.25, 0.3) is 22.6 Å². The van der Waals surface area contributed by atoms with Crippen LogP contribution in [0.15, 0.2) is 65.1 Å². The van der Waals surface area contributed by atoms with Crippen LogP contribution in [0.2, 0.25) is 0 Å². The molecule has 0 atom stereocenters. The monoisotopic (exact) mass is 443 g/mol. The zero-order chi connectivity index (χ0) is 22.8. The Bertz CT molecular complexity index is 1310. The molecular weight excluding hydrogens is 418 g/mol. The highest BCUT2D eigenvalue weighted by Crippen LogP contribution is 2.27. The number of carbonyl (C=O) groups excluding carboxylic acids is 1. The summed E-state index contributed by atoms with van der Waals surface area (Å²) in [5.41, 5.74) is 7.07. The van der Waals surface area contributed by atoms with Gasteiger partial charge < -0.3 is 9.73 Å². The number of nitrogens with zero attached hydrogens (tertiary/aromatic N) is 1. The Balaban J connectivity index is 1.47. The molecule has 0 aliphatic carbocycles. The van der Waals surface area contributed by atoms with E-state index in [1.165, 1.54) is 5.56 Å². The summed E-state index contributed by atoms with van der Waals surface area (Å²) in [5.74, 6) is 0.791. The van der Waals surface area contributed by atoms with E-state index >= 15 is 0 Å². The van der Waals surface area contributed by atoms with Crippen molar-refractivity contribution < 1.29 is 9.21 Å². The second-order valence-electron chi connectivity index (χ2n) is 8.19. The fourth-order valence-electron chi connectivity index (χ4n) is 3.36. The molecule has 0 fully saturated rings. The zero-order valence-corrected chi connectivity index (χ0v) is 19.3. The maximum Gasteiger partial charge on any atom is 0.257 e. The summed E-state index contributed by atoms with van der Waals surface area (Å²) in [6, 6.07) is 19.3. The number of oxazole rings is 1. The minimum atomic E-state index is -0.250. The lowest BCUT2D eigenvalue weighted by molar-refractivity contribution is 0.0977. The minimum Gasteiger partial charge on any atom is -0.436 e. The van der Waals surface area contributed by atoms with Gasteiger partial charge in [0.25, 0.3) is 5.91 Å². The van der Waals surface area contributed by atoms with Gasteiger partial charge in [-0.15, -0.1) is 0 Å². The summed E-state index contributed by atoms with van der Waals surface area (Å²) >= 11 is 5.32. The van der Waals surface area contributed by atoms with Crippen LogP contribution in [0.5, 0.6) is 0 Å². The molecule has 0 aliphatic heterocycles. The van der Waals surface area contributed by atoms with E-state index in [4.69, 9.17) is 16.6 Å². The molecule has 5 nitrogen and oxygen atoms in total. The molecule has 1 amide bonds. The van der Waals surface area contributed by atoms with Gasteiger partial charge in [0.15, 0.2) is 10.7 Å². The molecule has 0 spiro atoms. The Morgan fingerprint density at radius 1 is 0.969 bits per heavy atom. The lowest BCUT2D eigenvalue weighted by atomic mass is 10.0. The predicted octanol–water partition coefficient (Wildman–Crippen LogP) is 6.36. The molecule has 0 saturated carbocycles. The summed E-state index contributed by atoms with van der Waals surface area (Å²) < 4.78 is 5.92. The predicted molar refractivity (Wildman–Crippen MR) is 133 cm³/mol. The Hall–Kier alpha value is -3.51. The van der Waals surface area contributed by atoms with Crippen LogP contribution in [0, 0.1) is 13.8 Å². The lowest BCUT2D eigenvalue weighted by Crippen LogP contribution is -2.34. The summed E-state index contributed by atoms with van der Waals surface area (Å²) in [4.78, 5) is 17.1. The third-order valence-electron chi connectivity index (χ3n) is 5.47. The largest absolute Gasteiger partial charge is 0.436 e. The van der Waals surface area contributed by atoms with Crippen LogP contribution < -0.4 is 10.6 Å². The Morgan fingerprint density at radius 3 is 2.41 bits per heavy atom. The van der Waals surface area contributed by atoms with Gasteiger partial charge in [0.2, 0.25) is 5.89 Å². The quantitative estimate of drug-likeness (QED) is 0.359. The summed E-state index contributed by atoms with van der Waals surface area (Å²) in [5, 5.41) is 5.99. The molecule has 2 N–H and O–H groups in total. The fourth-order valence-corrected chi connectivity index (χ4v) is 3.57. The normalized spacial score (nSPS) is 11.0. The van der Waals surface area contributed by atoms with E-state index in [1.807, 2.05) is 56.3 Å². The van der Waals surface area contributed by atoms with Gasteiger partial charge in [-0.05, 0) is 91.1 Å². The Morgan fingerprint density at radius 2 is 1.72 bits per heavy atom.